The number of nitrogens with zero attached hydrogens (tertiary/aromatic N) is 4. The highest BCUT2D eigenvalue weighted by molar-refractivity contribution is 8.00. The Kier molecular flexibility index (Phi) is 20.6. The van der Waals surface area contributed by atoms with Crippen LogP contribution in [0.2, 0.25) is 10.0 Å². The van der Waals surface area contributed by atoms with E-state index in [-0.39, 0.29) is 42.9 Å². The predicted molar refractivity (Wildman–Crippen MR) is 291 cm³/mol. The summed E-state index contributed by atoms with van der Waals surface area (Å²) in [6, 6.07) is 5.70. The molecule has 1 N–H and O–H groups in total. The van der Waals surface area contributed by atoms with Crippen molar-refractivity contribution in [3.05, 3.63) is 46.2 Å². The summed E-state index contributed by atoms with van der Waals surface area (Å²) in [7, 11) is 7.25. The Morgan fingerprint density at radius 3 is 2.25 bits per heavy atom. The molecule has 7 rings (SSSR count). The van der Waals surface area contributed by atoms with E-state index in [9.17, 15) is 14.7 Å². The molecule has 0 amide bonds. The average Bonchev–Trinajstić information content (AvgIpc) is 4.00. The van der Waals surface area contributed by atoms with Crippen molar-refractivity contribution >= 4 is 58.4 Å². The molecule has 4 aliphatic heterocycles. The Hall–Kier alpha value is -2.97. The van der Waals surface area contributed by atoms with Gasteiger partial charge in [-0.1, -0.05) is 50.9 Å². The maximum absolute atomic E-state index is 15.3. The fourth-order valence-corrected chi connectivity index (χ4v) is 14.7. The number of anilines is 1. The zero-order chi connectivity index (χ0) is 54.5. The van der Waals surface area contributed by atoms with Crippen molar-refractivity contribution in [3.8, 4) is 11.5 Å². The van der Waals surface area contributed by atoms with Gasteiger partial charge in [0.05, 0.1) is 72.3 Å². The van der Waals surface area contributed by atoms with Gasteiger partial charge < -0.3 is 52.8 Å². The lowest BCUT2D eigenvalue weighted by Gasteiger charge is -2.51. The summed E-state index contributed by atoms with van der Waals surface area (Å²) in [6.45, 7) is 18.4. The average molecular weight is 1110 g/mol. The molecule has 1 aliphatic carbocycles. The number of esters is 2. The third-order valence-corrected chi connectivity index (χ3v) is 18.9. The van der Waals surface area contributed by atoms with Crippen LogP contribution in [0.5, 0.6) is 11.5 Å². The van der Waals surface area contributed by atoms with Crippen molar-refractivity contribution in [2.75, 3.05) is 71.8 Å². The van der Waals surface area contributed by atoms with E-state index in [2.05, 4.69) is 19.7 Å². The van der Waals surface area contributed by atoms with Gasteiger partial charge in [-0.05, 0) is 98.9 Å². The maximum atomic E-state index is 15.3. The number of hydrogen-bond donors (Lipinski definition) is 1. The predicted octanol–water partition coefficient (Wildman–Crippen LogP) is 8.51. The monoisotopic (exact) mass is 1110 g/mol. The lowest BCUT2D eigenvalue weighted by Crippen LogP contribution is -2.64. The quantitative estimate of drug-likeness (QED) is 0.159. The SMILES string of the molecule is CC[C@H]1OC(=O)[C@H](C)[C@@H](O)[C@H](C)[C@@H](O[C@@H]2O[C@H](C)C[C@@H](N3CCOCC3)[C@@H]2N(C)C)[C@](C)(OC)C[C@@H](C)C(=O)[C@H](C)[C@H]2C(SCCN(Cc3c(Cl)cncc3Cl)c3ccc(OC)c(OC4CCCC4)c3)C(=O)O[C@@]21C. The number of halogens is 2. The van der Waals surface area contributed by atoms with E-state index in [4.69, 9.17) is 61.1 Å². The number of aromatic nitrogens is 1. The molecule has 2 aromatic rings. The standard InChI is InChI=1S/C56H84Cl2N4O12S/c1-13-45-56(8)46(50(53(66)74-56)75-25-22-62(31-39-40(57)29-59-30-41(39)58)37-18-19-43(67-11)44(27-37)71-38-16-14-15-17-38)34(4)48(63)32(2)28-55(7,68-12)51(35(5)49(64)36(6)52(65)72-45)73-54-47(60(9)10)42(26-33(3)70-54)61-20-23-69-24-21-61/h18-19,27,29-30,32-36,38,42,45-47,49-51,54,64H,13-17,20-26,28,31H2,1-12H3/t32-,33-,34-,35+,36-,42-,45-,46+,47+,49+,50?,51-,54+,55-,56-/m1/s1. The van der Waals surface area contributed by atoms with Gasteiger partial charge in [0.2, 0.25) is 0 Å². The number of likely N-dealkylation sites (N-methyl/N-ethyl adjacent to an activating group) is 1. The number of rotatable bonds is 16. The highest BCUT2D eigenvalue weighted by Crippen LogP contribution is 2.49. The number of cyclic esters (lactones) is 1. The Bertz CT molecular complexity index is 2240. The Morgan fingerprint density at radius 1 is 0.947 bits per heavy atom. The van der Waals surface area contributed by atoms with Gasteiger partial charge in [-0.25, -0.2) is 0 Å². The number of methoxy groups -OCH3 is 2. The number of Topliss-reactive ketones (excluding diaryl/α,β-unsaturated/α-hetero) is 1. The smallest absolute Gasteiger partial charge is 0.320 e. The summed E-state index contributed by atoms with van der Waals surface area (Å²) < 4.78 is 51.2. The van der Waals surface area contributed by atoms with Gasteiger partial charge >= 0.3 is 11.9 Å². The van der Waals surface area contributed by atoms with Crippen molar-refractivity contribution in [3.63, 3.8) is 0 Å². The molecule has 15 atom stereocenters. The van der Waals surface area contributed by atoms with Crippen LogP contribution in [0.15, 0.2) is 30.6 Å². The third kappa shape index (κ3) is 13.2. The van der Waals surface area contributed by atoms with Gasteiger partial charge in [-0.3, -0.25) is 24.3 Å². The number of pyridine rings is 1. The van der Waals surface area contributed by atoms with E-state index in [0.29, 0.717) is 59.2 Å². The first-order valence-corrected chi connectivity index (χ1v) is 28.9. The summed E-state index contributed by atoms with van der Waals surface area (Å²) >= 11 is 14.9. The van der Waals surface area contributed by atoms with E-state index < -0.39 is 82.6 Å². The highest BCUT2D eigenvalue weighted by atomic mass is 35.5. The molecule has 1 aromatic heterocycles. The maximum Gasteiger partial charge on any atom is 0.320 e. The number of hydrogen-bond acceptors (Lipinski definition) is 17. The molecule has 1 saturated carbocycles. The van der Waals surface area contributed by atoms with Crippen LogP contribution in [0.1, 0.15) is 106 Å². The van der Waals surface area contributed by atoms with Crippen LogP contribution in [0.3, 0.4) is 0 Å². The van der Waals surface area contributed by atoms with Crippen LogP contribution in [-0.2, 0) is 49.3 Å². The van der Waals surface area contributed by atoms with E-state index >= 15 is 4.79 Å². The van der Waals surface area contributed by atoms with Crippen molar-refractivity contribution in [1.29, 1.82) is 0 Å². The van der Waals surface area contributed by atoms with Gasteiger partial charge in [0.15, 0.2) is 23.4 Å². The molecule has 5 fully saturated rings. The van der Waals surface area contributed by atoms with Crippen LogP contribution < -0.4 is 14.4 Å². The number of ether oxygens (including phenoxy) is 8. The molecule has 0 spiro atoms. The van der Waals surface area contributed by atoms with Crippen LogP contribution in [0.4, 0.5) is 5.69 Å². The number of ketones is 1. The number of aliphatic hydroxyl groups is 1. The van der Waals surface area contributed by atoms with Crippen molar-refractivity contribution < 1.29 is 57.4 Å². The summed E-state index contributed by atoms with van der Waals surface area (Å²) in [6.07, 6.45) is 4.64. The number of carbonyl (C=O) groups excluding carboxylic acids is 3. The molecular weight excluding hydrogens is 1020 g/mol. The van der Waals surface area contributed by atoms with Gasteiger partial charge in [0.1, 0.15) is 17.1 Å². The molecule has 16 nitrogen and oxygen atoms in total. The van der Waals surface area contributed by atoms with Crippen LogP contribution in [-0.4, -0.2) is 170 Å². The lowest BCUT2D eigenvalue weighted by atomic mass is 9.70. The molecular formula is C56H84Cl2N4O12S. The zero-order valence-corrected chi connectivity index (χ0v) is 48.6. The summed E-state index contributed by atoms with van der Waals surface area (Å²) in [5, 5.41) is 12.3. The first kappa shape index (κ1) is 59.7. The summed E-state index contributed by atoms with van der Waals surface area (Å²) in [4.78, 5) is 55.3. The van der Waals surface area contributed by atoms with Crippen LogP contribution in [0, 0.1) is 29.6 Å². The summed E-state index contributed by atoms with van der Waals surface area (Å²) in [5.41, 5.74) is -1.07. The second-order valence-corrected chi connectivity index (χ2v) is 24.4. The molecule has 420 valence electrons. The van der Waals surface area contributed by atoms with E-state index in [1.165, 1.54) is 11.8 Å². The minimum absolute atomic E-state index is 0.0838. The number of fused-ring (bicyclic) bond motifs is 1. The number of aliphatic hydroxyl groups excluding tert-OH is 1. The third-order valence-electron chi connectivity index (χ3n) is 17.0. The van der Waals surface area contributed by atoms with E-state index in [1.54, 1.807) is 40.5 Å². The van der Waals surface area contributed by atoms with E-state index in [1.807, 2.05) is 73.8 Å². The van der Waals surface area contributed by atoms with E-state index in [0.717, 1.165) is 50.9 Å². The molecule has 1 aromatic carbocycles. The summed E-state index contributed by atoms with van der Waals surface area (Å²) in [5.74, 6) is -3.43. The number of benzene rings is 1. The van der Waals surface area contributed by atoms with Gasteiger partial charge in [-0.2, -0.15) is 0 Å². The van der Waals surface area contributed by atoms with Gasteiger partial charge in [0, 0.05) is 98.5 Å². The molecule has 1 unspecified atom stereocenters. The van der Waals surface area contributed by atoms with Crippen molar-refractivity contribution in [1.82, 2.24) is 14.8 Å². The minimum atomic E-state index is -1.40. The molecule has 0 radical (unpaired) electrons. The molecule has 5 heterocycles. The normalized spacial score (nSPS) is 35.7. The van der Waals surface area contributed by atoms with Crippen LogP contribution in [0.25, 0.3) is 0 Å². The van der Waals surface area contributed by atoms with Crippen molar-refractivity contribution in [2.24, 2.45) is 29.6 Å². The Morgan fingerprint density at radius 2 is 1.63 bits per heavy atom. The molecule has 75 heavy (non-hydrogen) atoms. The largest absolute Gasteiger partial charge is 0.493 e. The lowest BCUT2D eigenvalue weighted by molar-refractivity contribution is -0.291. The number of thioether (sulfide) groups is 1. The first-order valence-electron chi connectivity index (χ1n) is 27.1. The topological polar surface area (TPSA) is 168 Å². The van der Waals surface area contributed by atoms with Gasteiger partial charge in [-0.15, -0.1) is 11.8 Å². The molecule has 19 heteroatoms. The molecule has 5 aliphatic rings. The fourth-order valence-electron chi connectivity index (χ4n) is 12.8. The molecule has 4 saturated heterocycles. The number of carbonyl (C=O) groups is 3. The van der Waals surface area contributed by atoms with Crippen molar-refractivity contribution in [2.45, 2.75) is 172 Å². The second kappa shape index (κ2) is 25.9. The Labute approximate surface area is 459 Å². The molecule has 0 bridgehead atoms. The first-order chi connectivity index (χ1) is 35.7. The highest BCUT2D eigenvalue weighted by Gasteiger charge is 2.62. The van der Waals surface area contributed by atoms with Gasteiger partial charge in [0.25, 0.3) is 0 Å². The zero-order valence-electron chi connectivity index (χ0n) is 46.3. The minimum Gasteiger partial charge on any atom is -0.493 e. The second-order valence-electron chi connectivity index (χ2n) is 22.3. The Balaban J connectivity index is 1.20. The fraction of sp³-hybridized carbons (Fsp3) is 0.750. The number of morpholine rings is 1. The van der Waals surface area contributed by atoms with Crippen LogP contribution >= 0.6 is 35.0 Å².